The molecule has 0 saturated carbocycles. The molecule has 0 aliphatic carbocycles. The minimum absolute atomic E-state index is 0. The van der Waals surface area contributed by atoms with Crippen LogP contribution in [0.2, 0.25) is 0 Å². The highest BCUT2D eigenvalue weighted by atomic mass is 35.5. The Labute approximate surface area is 142 Å². The second-order valence-electron chi connectivity index (χ2n) is 4.86. The summed E-state index contributed by atoms with van der Waals surface area (Å²) in [4.78, 5) is 0. The molecule has 0 radical (unpaired) electrons. The molecular weight excluding hydrogens is 327 g/mol. The molecule has 7 nitrogen and oxygen atoms in total. The van der Waals surface area contributed by atoms with Crippen molar-refractivity contribution >= 4 is 36.3 Å². The topological polar surface area (TPSA) is 84.9 Å². The lowest BCUT2D eigenvalue weighted by Crippen LogP contribution is -2.32. The Kier molecular flexibility index (Phi) is 8.93. The van der Waals surface area contributed by atoms with Gasteiger partial charge in [0.2, 0.25) is 6.33 Å². The maximum Gasteiger partial charge on any atom is 0.243 e. The molecule has 0 saturated heterocycles. The highest BCUT2D eigenvalue weighted by Gasteiger charge is 2.09. The van der Waals surface area contributed by atoms with E-state index in [-0.39, 0.29) is 31.4 Å². The number of nitrogens with two attached hydrogens (primary N) is 1. The number of aryl methyl sites for hydroxylation is 3. The predicted molar refractivity (Wildman–Crippen MR) is 91.7 cm³/mol. The molecule has 0 aliphatic rings. The van der Waals surface area contributed by atoms with Crippen LogP contribution in [0.1, 0.15) is 12.1 Å². The minimum Gasteiger partial charge on any atom is -0.394 e. The molecule has 22 heavy (non-hydrogen) atoms. The van der Waals surface area contributed by atoms with Crippen molar-refractivity contribution in [2.45, 2.75) is 26.4 Å². The lowest BCUT2D eigenvalue weighted by molar-refractivity contribution is -0.697. The van der Waals surface area contributed by atoms with Crippen LogP contribution in [0.25, 0.3) is 0 Å². The summed E-state index contributed by atoms with van der Waals surface area (Å²) >= 11 is 0. The van der Waals surface area contributed by atoms with Crippen molar-refractivity contribution < 1.29 is 9.67 Å². The van der Waals surface area contributed by atoms with E-state index in [4.69, 9.17) is 10.8 Å². The highest BCUT2D eigenvalue weighted by molar-refractivity contribution is 5.85. The summed E-state index contributed by atoms with van der Waals surface area (Å²) in [5.41, 5.74) is 7.52. The second-order valence-corrected chi connectivity index (χ2v) is 4.86. The Bertz CT molecular complexity index is 569. The zero-order chi connectivity index (χ0) is 14.5. The van der Waals surface area contributed by atoms with Crippen LogP contribution in [0.4, 0.5) is 11.5 Å². The molecule has 126 valence electrons. The lowest BCUT2D eigenvalue weighted by atomic mass is 10.3. The van der Waals surface area contributed by atoms with Crippen LogP contribution < -0.4 is 15.6 Å². The average Bonchev–Trinajstić information content (AvgIpc) is 2.94. The van der Waals surface area contributed by atoms with Gasteiger partial charge in [-0.15, -0.1) is 24.8 Å². The fourth-order valence-electron chi connectivity index (χ4n) is 2.17. The third-order valence-corrected chi connectivity index (χ3v) is 3.26. The number of halogens is 2. The standard InChI is InChI=1S/C13H23N6O.2ClH/c1-11-12(14)13(17(2)16-11)15-4-3-5-18-6-7-19(10-18)8-9-20;;/h6-7,10,15,20H,3-5,8-9,14H2,1-2H3;2*1H/q+1;;. The second kappa shape index (κ2) is 9.55. The van der Waals surface area contributed by atoms with E-state index < -0.39 is 0 Å². The molecule has 0 spiro atoms. The predicted octanol–water partition coefficient (Wildman–Crippen LogP) is 0.738. The number of nitrogens with one attached hydrogen (secondary N) is 1. The normalized spacial score (nSPS) is 9.95. The zero-order valence-corrected chi connectivity index (χ0v) is 14.5. The van der Waals surface area contributed by atoms with Crippen LogP contribution >= 0.6 is 24.8 Å². The average molecular weight is 352 g/mol. The van der Waals surface area contributed by atoms with Crippen LogP contribution in [0.15, 0.2) is 18.7 Å². The molecule has 0 fully saturated rings. The number of rotatable bonds is 7. The van der Waals surface area contributed by atoms with Crippen LogP contribution in [-0.4, -0.2) is 32.6 Å². The first kappa shape index (κ1) is 20.6. The van der Waals surface area contributed by atoms with E-state index in [9.17, 15) is 0 Å². The first-order valence-electron chi connectivity index (χ1n) is 6.80. The number of aliphatic hydroxyl groups is 1. The van der Waals surface area contributed by atoms with Crippen molar-refractivity contribution in [3.63, 3.8) is 0 Å². The molecule has 2 rings (SSSR count). The van der Waals surface area contributed by atoms with E-state index >= 15 is 0 Å². The number of aliphatic hydroxyl groups excluding tert-OH is 1. The summed E-state index contributed by atoms with van der Waals surface area (Å²) in [7, 11) is 1.88. The fraction of sp³-hybridized carbons (Fsp3) is 0.538. The summed E-state index contributed by atoms with van der Waals surface area (Å²) in [5.74, 6) is 0.880. The third kappa shape index (κ3) is 5.08. The Morgan fingerprint density at radius 2 is 2.14 bits per heavy atom. The molecule has 0 amide bonds. The number of hydrogen-bond acceptors (Lipinski definition) is 4. The number of imidazole rings is 1. The first-order valence-corrected chi connectivity index (χ1v) is 6.80. The Balaban J connectivity index is 0.00000220. The van der Waals surface area contributed by atoms with Crippen LogP contribution in [0.5, 0.6) is 0 Å². The quantitative estimate of drug-likeness (QED) is 0.507. The molecule has 4 N–H and O–H groups in total. The Morgan fingerprint density at radius 1 is 1.41 bits per heavy atom. The number of nitrogens with zero attached hydrogens (tertiary/aromatic N) is 4. The number of aromatic nitrogens is 4. The summed E-state index contributed by atoms with van der Waals surface area (Å²) in [6.45, 7) is 4.45. The van der Waals surface area contributed by atoms with Gasteiger partial charge in [-0.1, -0.05) is 0 Å². The van der Waals surface area contributed by atoms with Crippen molar-refractivity contribution in [2.24, 2.45) is 7.05 Å². The minimum atomic E-state index is 0. The van der Waals surface area contributed by atoms with Crippen molar-refractivity contribution in [3.05, 3.63) is 24.4 Å². The summed E-state index contributed by atoms with van der Waals surface area (Å²) in [6, 6.07) is 0. The van der Waals surface area contributed by atoms with Crippen molar-refractivity contribution in [1.29, 1.82) is 0 Å². The monoisotopic (exact) mass is 351 g/mol. The lowest BCUT2D eigenvalue weighted by Gasteiger charge is -2.06. The van der Waals surface area contributed by atoms with Gasteiger partial charge in [0.05, 0.1) is 24.5 Å². The number of anilines is 2. The SMILES string of the molecule is Cc1nn(C)c(NCCCn2cc[n+](CCO)c2)c1N.Cl.Cl. The van der Waals surface area contributed by atoms with E-state index in [1.807, 2.05) is 37.3 Å². The number of nitrogen functional groups attached to an aromatic ring is 1. The van der Waals surface area contributed by atoms with Gasteiger partial charge in [0.1, 0.15) is 24.8 Å². The third-order valence-electron chi connectivity index (χ3n) is 3.26. The molecule has 0 bridgehead atoms. The van der Waals surface area contributed by atoms with E-state index in [1.165, 1.54) is 0 Å². The van der Waals surface area contributed by atoms with Gasteiger partial charge in [0, 0.05) is 20.0 Å². The Morgan fingerprint density at radius 3 is 2.73 bits per heavy atom. The van der Waals surface area contributed by atoms with E-state index in [0.29, 0.717) is 12.2 Å². The number of hydrogen-bond donors (Lipinski definition) is 3. The molecule has 2 aromatic heterocycles. The van der Waals surface area contributed by atoms with Crippen molar-refractivity contribution in [2.75, 3.05) is 24.2 Å². The fourth-order valence-corrected chi connectivity index (χ4v) is 2.17. The maximum atomic E-state index is 8.86. The van der Waals surface area contributed by atoms with Gasteiger partial charge in [0.25, 0.3) is 0 Å². The molecule has 2 aromatic rings. The zero-order valence-electron chi connectivity index (χ0n) is 12.9. The van der Waals surface area contributed by atoms with Crippen molar-refractivity contribution in [3.8, 4) is 0 Å². The van der Waals surface area contributed by atoms with Gasteiger partial charge in [0.15, 0.2) is 0 Å². The van der Waals surface area contributed by atoms with Crippen LogP contribution in [-0.2, 0) is 20.1 Å². The molecule has 2 heterocycles. The highest BCUT2D eigenvalue weighted by Crippen LogP contribution is 2.20. The van der Waals surface area contributed by atoms with E-state index in [2.05, 4.69) is 15.0 Å². The molecular formula is C13H25Cl2N6O+. The van der Waals surface area contributed by atoms with Gasteiger partial charge in [-0.2, -0.15) is 5.10 Å². The van der Waals surface area contributed by atoms with E-state index in [0.717, 1.165) is 31.0 Å². The molecule has 0 unspecified atom stereocenters. The summed E-state index contributed by atoms with van der Waals surface area (Å²) in [5, 5.41) is 16.5. The largest absolute Gasteiger partial charge is 0.394 e. The summed E-state index contributed by atoms with van der Waals surface area (Å²) < 4.78 is 5.85. The van der Waals surface area contributed by atoms with Gasteiger partial charge < -0.3 is 16.2 Å². The van der Waals surface area contributed by atoms with E-state index in [1.54, 1.807) is 4.68 Å². The van der Waals surface area contributed by atoms with Gasteiger partial charge in [-0.3, -0.25) is 4.68 Å². The molecule has 0 aliphatic heterocycles. The molecule has 9 heteroatoms. The smallest absolute Gasteiger partial charge is 0.243 e. The van der Waals surface area contributed by atoms with Crippen LogP contribution in [0, 0.1) is 6.92 Å². The molecule has 0 aromatic carbocycles. The van der Waals surface area contributed by atoms with Crippen molar-refractivity contribution in [1.82, 2.24) is 14.3 Å². The van der Waals surface area contributed by atoms with Crippen LogP contribution in [0.3, 0.4) is 0 Å². The van der Waals surface area contributed by atoms with Gasteiger partial charge >= 0.3 is 0 Å². The molecule has 0 atom stereocenters. The van der Waals surface area contributed by atoms with Gasteiger partial charge in [-0.25, -0.2) is 9.13 Å². The van der Waals surface area contributed by atoms with Gasteiger partial charge in [-0.05, 0) is 6.92 Å². The summed E-state index contributed by atoms with van der Waals surface area (Å²) in [6.07, 6.45) is 6.96. The Hall–Kier alpha value is -1.44. The first-order chi connectivity index (χ1) is 9.61. The maximum absolute atomic E-state index is 8.86.